The van der Waals surface area contributed by atoms with Gasteiger partial charge in [0.25, 0.3) is 0 Å². The predicted molar refractivity (Wildman–Crippen MR) is 70.1 cm³/mol. The highest BCUT2D eigenvalue weighted by atomic mass is 19.1. The number of ether oxygens (including phenoxy) is 1. The Balaban J connectivity index is 3.10. The lowest BCUT2D eigenvalue weighted by Gasteiger charge is -2.26. The summed E-state index contributed by atoms with van der Waals surface area (Å²) >= 11 is 0. The van der Waals surface area contributed by atoms with Crippen LogP contribution in [0.5, 0.6) is 5.75 Å². The van der Waals surface area contributed by atoms with Crippen molar-refractivity contribution >= 4 is 11.4 Å². The molecule has 0 amide bonds. The minimum absolute atomic E-state index is 0.300. The van der Waals surface area contributed by atoms with Crippen molar-refractivity contribution in [2.24, 2.45) is 5.92 Å². The number of hydrogen-bond donors (Lipinski definition) is 1. The van der Waals surface area contributed by atoms with Crippen LogP contribution in [0.15, 0.2) is 12.1 Å². The Morgan fingerprint density at radius 1 is 1.41 bits per heavy atom. The molecular weight excluding hydrogens is 219 g/mol. The average Bonchev–Trinajstić information content (AvgIpc) is 2.26. The van der Waals surface area contributed by atoms with Crippen LogP contribution in [0.4, 0.5) is 15.8 Å². The number of nitrogens with two attached hydrogens (primary N) is 1. The van der Waals surface area contributed by atoms with Crippen LogP contribution in [-0.4, -0.2) is 20.2 Å². The summed E-state index contributed by atoms with van der Waals surface area (Å²) in [5, 5.41) is 0. The molecule has 0 aromatic heterocycles. The fourth-order valence-corrected chi connectivity index (χ4v) is 1.82. The van der Waals surface area contributed by atoms with Crippen molar-refractivity contribution in [2.45, 2.75) is 20.8 Å². The van der Waals surface area contributed by atoms with E-state index >= 15 is 0 Å². The van der Waals surface area contributed by atoms with E-state index in [0.29, 0.717) is 23.0 Å². The zero-order valence-electron chi connectivity index (χ0n) is 11.0. The van der Waals surface area contributed by atoms with Crippen LogP contribution in [0.2, 0.25) is 0 Å². The van der Waals surface area contributed by atoms with E-state index < -0.39 is 0 Å². The Bertz CT molecular complexity index is 380. The SMILES string of the molecule is CCN(CC(C)C)c1cc(OC)c(N)cc1F. The zero-order valence-corrected chi connectivity index (χ0v) is 11.0. The molecule has 0 fully saturated rings. The van der Waals surface area contributed by atoms with Gasteiger partial charge in [0.05, 0.1) is 18.5 Å². The fourth-order valence-electron chi connectivity index (χ4n) is 1.82. The van der Waals surface area contributed by atoms with Gasteiger partial charge in [-0.3, -0.25) is 0 Å². The standard InChI is InChI=1S/C13H21FN2O/c1-5-16(8-9(2)3)12-7-13(17-4)11(15)6-10(12)14/h6-7,9H,5,8,15H2,1-4H3. The van der Waals surface area contributed by atoms with Crippen molar-refractivity contribution in [3.05, 3.63) is 17.9 Å². The smallest absolute Gasteiger partial charge is 0.148 e. The lowest BCUT2D eigenvalue weighted by Crippen LogP contribution is -2.28. The van der Waals surface area contributed by atoms with Gasteiger partial charge in [-0.25, -0.2) is 4.39 Å². The number of halogens is 1. The van der Waals surface area contributed by atoms with Gasteiger partial charge in [0.1, 0.15) is 11.6 Å². The van der Waals surface area contributed by atoms with E-state index in [1.807, 2.05) is 11.8 Å². The molecule has 1 aromatic rings. The number of nitrogen functional groups attached to an aromatic ring is 1. The van der Waals surface area contributed by atoms with E-state index in [4.69, 9.17) is 10.5 Å². The van der Waals surface area contributed by atoms with E-state index in [1.165, 1.54) is 13.2 Å². The lowest BCUT2D eigenvalue weighted by atomic mass is 10.1. The molecule has 96 valence electrons. The number of benzene rings is 1. The summed E-state index contributed by atoms with van der Waals surface area (Å²) in [5.74, 6) is 0.687. The molecule has 3 nitrogen and oxygen atoms in total. The van der Waals surface area contributed by atoms with E-state index in [-0.39, 0.29) is 5.82 Å². The van der Waals surface area contributed by atoms with Gasteiger partial charge >= 0.3 is 0 Å². The molecule has 1 aromatic carbocycles. The van der Waals surface area contributed by atoms with Crippen LogP contribution in [0.1, 0.15) is 20.8 Å². The molecule has 0 atom stereocenters. The van der Waals surface area contributed by atoms with Gasteiger partial charge in [0.15, 0.2) is 0 Å². The van der Waals surface area contributed by atoms with Crippen LogP contribution in [0.3, 0.4) is 0 Å². The normalized spacial score (nSPS) is 10.7. The second kappa shape index (κ2) is 5.75. The summed E-state index contributed by atoms with van der Waals surface area (Å²) in [6.45, 7) is 7.78. The third-order valence-corrected chi connectivity index (χ3v) is 2.61. The third-order valence-electron chi connectivity index (χ3n) is 2.61. The molecule has 0 aliphatic carbocycles. The maximum Gasteiger partial charge on any atom is 0.148 e. The van der Waals surface area contributed by atoms with Crippen LogP contribution in [0, 0.1) is 11.7 Å². The molecule has 0 heterocycles. The van der Waals surface area contributed by atoms with E-state index in [9.17, 15) is 4.39 Å². The van der Waals surface area contributed by atoms with Crippen molar-refractivity contribution < 1.29 is 9.13 Å². The van der Waals surface area contributed by atoms with Gasteiger partial charge in [0.2, 0.25) is 0 Å². The molecule has 0 saturated heterocycles. The summed E-state index contributed by atoms with van der Waals surface area (Å²) in [5.41, 5.74) is 6.54. The summed E-state index contributed by atoms with van der Waals surface area (Å²) in [7, 11) is 1.53. The minimum atomic E-state index is -0.300. The number of rotatable bonds is 5. The molecule has 0 unspecified atom stereocenters. The Labute approximate surface area is 102 Å². The fraction of sp³-hybridized carbons (Fsp3) is 0.538. The monoisotopic (exact) mass is 240 g/mol. The average molecular weight is 240 g/mol. The molecule has 0 bridgehead atoms. The Morgan fingerprint density at radius 3 is 2.53 bits per heavy atom. The van der Waals surface area contributed by atoms with Gasteiger partial charge in [-0.1, -0.05) is 13.8 Å². The molecular formula is C13H21FN2O. The first-order chi connectivity index (χ1) is 7.99. The molecule has 4 heteroatoms. The van der Waals surface area contributed by atoms with Gasteiger partial charge in [-0.05, 0) is 12.8 Å². The largest absolute Gasteiger partial charge is 0.495 e. The molecule has 0 saturated carbocycles. The third kappa shape index (κ3) is 3.25. The van der Waals surface area contributed by atoms with Gasteiger partial charge in [0, 0.05) is 25.2 Å². The Morgan fingerprint density at radius 2 is 2.06 bits per heavy atom. The van der Waals surface area contributed by atoms with E-state index in [0.717, 1.165) is 13.1 Å². The van der Waals surface area contributed by atoms with Crippen molar-refractivity contribution in [2.75, 3.05) is 30.8 Å². The second-order valence-electron chi connectivity index (χ2n) is 4.48. The lowest BCUT2D eigenvalue weighted by molar-refractivity contribution is 0.415. The predicted octanol–water partition coefficient (Wildman–Crippen LogP) is 2.90. The summed E-state index contributed by atoms with van der Waals surface area (Å²) in [6.07, 6.45) is 0. The van der Waals surface area contributed by atoms with Crippen molar-refractivity contribution in [1.29, 1.82) is 0 Å². The van der Waals surface area contributed by atoms with Crippen molar-refractivity contribution in [1.82, 2.24) is 0 Å². The summed E-state index contributed by atoms with van der Waals surface area (Å²) < 4.78 is 19.0. The summed E-state index contributed by atoms with van der Waals surface area (Å²) in [6, 6.07) is 2.98. The van der Waals surface area contributed by atoms with Crippen molar-refractivity contribution in [3.8, 4) is 5.75 Å². The maximum atomic E-state index is 13.9. The van der Waals surface area contributed by atoms with Crippen LogP contribution in [0.25, 0.3) is 0 Å². The second-order valence-corrected chi connectivity index (χ2v) is 4.48. The first-order valence-electron chi connectivity index (χ1n) is 5.87. The number of hydrogen-bond acceptors (Lipinski definition) is 3. The highest BCUT2D eigenvalue weighted by Gasteiger charge is 2.14. The van der Waals surface area contributed by atoms with Crippen LogP contribution >= 0.6 is 0 Å². The molecule has 0 aliphatic rings. The first kappa shape index (κ1) is 13.6. The Kier molecular flexibility index (Phi) is 4.61. The van der Waals surface area contributed by atoms with Crippen molar-refractivity contribution in [3.63, 3.8) is 0 Å². The topological polar surface area (TPSA) is 38.5 Å². The molecule has 0 spiro atoms. The first-order valence-corrected chi connectivity index (χ1v) is 5.87. The molecule has 0 aliphatic heterocycles. The van der Waals surface area contributed by atoms with Gasteiger partial charge in [-0.2, -0.15) is 0 Å². The zero-order chi connectivity index (χ0) is 13.0. The number of nitrogens with zero attached hydrogens (tertiary/aromatic N) is 1. The number of anilines is 2. The molecule has 0 radical (unpaired) electrons. The Hall–Kier alpha value is -1.45. The van der Waals surface area contributed by atoms with E-state index in [2.05, 4.69) is 13.8 Å². The quantitative estimate of drug-likeness (QED) is 0.804. The molecule has 2 N–H and O–H groups in total. The molecule has 1 rings (SSSR count). The highest BCUT2D eigenvalue weighted by Crippen LogP contribution is 2.30. The van der Waals surface area contributed by atoms with Gasteiger partial charge in [-0.15, -0.1) is 0 Å². The van der Waals surface area contributed by atoms with Gasteiger partial charge < -0.3 is 15.4 Å². The van der Waals surface area contributed by atoms with E-state index in [1.54, 1.807) is 6.07 Å². The number of methoxy groups -OCH3 is 1. The van der Waals surface area contributed by atoms with Crippen LogP contribution in [-0.2, 0) is 0 Å². The molecule has 17 heavy (non-hydrogen) atoms. The highest BCUT2D eigenvalue weighted by molar-refractivity contribution is 5.63. The maximum absolute atomic E-state index is 13.9. The summed E-state index contributed by atoms with van der Waals surface area (Å²) in [4.78, 5) is 1.99. The van der Waals surface area contributed by atoms with Crippen LogP contribution < -0.4 is 15.4 Å². The minimum Gasteiger partial charge on any atom is -0.495 e.